The fraction of sp³-hybridized carbons (Fsp3) is 0.312. The summed E-state index contributed by atoms with van der Waals surface area (Å²) < 4.78 is 25.3. The van der Waals surface area contributed by atoms with Crippen LogP contribution in [0.15, 0.2) is 46.7 Å². The molecule has 0 saturated heterocycles. The van der Waals surface area contributed by atoms with Crippen molar-refractivity contribution in [2.45, 2.75) is 11.3 Å². The first kappa shape index (κ1) is 17.8. The predicted octanol–water partition coefficient (Wildman–Crippen LogP) is 2.01. The normalized spacial score (nSPS) is 11.8. The van der Waals surface area contributed by atoms with Crippen LogP contribution in [0.5, 0.6) is 0 Å². The summed E-state index contributed by atoms with van der Waals surface area (Å²) >= 11 is 1.69. The Morgan fingerprint density at radius 2 is 2.00 bits per heavy atom. The van der Waals surface area contributed by atoms with E-state index in [1.165, 1.54) is 31.1 Å². The van der Waals surface area contributed by atoms with Gasteiger partial charge < -0.3 is 5.32 Å². The first-order chi connectivity index (χ1) is 10.9. The minimum absolute atomic E-state index is 0.119. The Morgan fingerprint density at radius 3 is 2.65 bits per heavy atom. The second kappa shape index (κ2) is 7.83. The molecule has 1 N–H and O–H groups in total. The number of hydrogen-bond donors (Lipinski definition) is 1. The average molecular weight is 352 g/mol. The van der Waals surface area contributed by atoms with Gasteiger partial charge in [0.2, 0.25) is 10.0 Å². The maximum Gasteiger partial charge on any atom is 0.242 e. The summed E-state index contributed by atoms with van der Waals surface area (Å²) in [5.41, 5.74) is 0.400. The quantitative estimate of drug-likeness (QED) is 0.583. The van der Waals surface area contributed by atoms with Crippen molar-refractivity contribution in [3.05, 3.63) is 52.2 Å². The molecule has 2 aromatic rings. The molecular formula is C16H20N2O3S2. The highest BCUT2D eigenvalue weighted by atomic mass is 32.2. The van der Waals surface area contributed by atoms with Gasteiger partial charge in [0.25, 0.3) is 0 Å². The number of thiophene rings is 1. The molecule has 23 heavy (non-hydrogen) atoms. The van der Waals surface area contributed by atoms with E-state index in [0.717, 1.165) is 10.7 Å². The smallest absolute Gasteiger partial charge is 0.242 e. The van der Waals surface area contributed by atoms with Crippen LogP contribution in [0.2, 0.25) is 0 Å². The summed E-state index contributed by atoms with van der Waals surface area (Å²) in [5.74, 6) is -0.119. The highest BCUT2D eigenvalue weighted by molar-refractivity contribution is 7.89. The van der Waals surface area contributed by atoms with E-state index in [4.69, 9.17) is 0 Å². The average Bonchev–Trinajstić information content (AvgIpc) is 3.04. The zero-order valence-corrected chi connectivity index (χ0v) is 14.8. The summed E-state index contributed by atoms with van der Waals surface area (Å²) in [6.45, 7) is 0.902. The standard InChI is InChI=1S/C16H20N2O3S2/c1-18(2)23(20,21)15-7-3-5-13(11-15)16(19)12-17-9-8-14-6-4-10-22-14/h3-7,10-11,17H,8-9,12H2,1-2H3. The Morgan fingerprint density at radius 1 is 1.22 bits per heavy atom. The number of Topliss-reactive ketones (excluding diaryl/α,β-unsaturated/α-hetero) is 1. The number of benzene rings is 1. The molecule has 0 unspecified atom stereocenters. The van der Waals surface area contributed by atoms with Crippen molar-refractivity contribution in [2.24, 2.45) is 0 Å². The molecule has 0 aliphatic carbocycles. The van der Waals surface area contributed by atoms with E-state index < -0.39 is 10.0 Å². The van der Waals surface area contributed by atoms with E-state index in [-0.39, 0.29) is 17.2 Å². The lowest BCUT2D eigenvalue weighted by atomic mass is 10.1. The molecule has 0 bridgehead atoms. The Balaban J connectivity index is 1.94. The zero-order valence-electron chi connectivity index (χ0n) is 13.2. The van der Waals surface area contributed by atoms with Crippen molar-refractivity contribution in [1.29, 1.82) is 0 Å². The molecule has 0 aliphatic rings. The van der Waals surface area contributed by atoms with Crippen LogP contribution in [0, 0.1) is 0 Å². The number of nitrogens with zero attached hydrogens (tertiary/aromatic N) is 1. The van der Waals surface area contributed by atoms with Crippen LogP contribution >= 0.6 is 11.3 Å². The number of carbonyl (C=O) groups is 1. The predicted molar refractivity (Wildman–Crippen MR) is 92.5 cm³/mol. The van der Waals surface area contributed by atoms with E-state index >= 15 is 0 Å². The summed E-state index contributed by atoms with van der Waals surface area (Å²) in [6.07, 6.45) is 0.875. The van der Waals surface area contributed by atoms with Crippen LogP contribution in [-0.4, -0.2) is 45.7 Å². The lowest BCUT2D eigenvalue weighted by Gasteiger charge is -2.12. The molecule has 2 rings (SSSR count). The summed E-state index contributed by atoms with van der Waals surface area (Å²) in [6, 6.07) is 10.2. The lowest BCUT2D eigenvalue weighted by molar-refractivity contribution is 0.0991. The summed E-state index contributed by atoms with van der Waals surface area (Å²) in [7, 11) is -0.589. The summed E-state index contributed by atoms with van der Waals surface area (Å²) in [4.78, 5) is 13.6. The van der Waals surface area contributed by atoms with E-state index in [1.807, 2.05) is 11.4 Å². The van der Waals surface area contributed by atoms with Gasteiger partial charge in [-0.25, -0.2) is 12.7 Å². The number of nitrogens with one attached hydrogen (secondary N) is 1. The van der Waals surface area contributed by atoms with Gasteiger partial charge in [-0.1, -0.05) is 18.2 Å². The highest BCUT2D eigenvalue weighted by Crippen LogP contribution is 2.15. The van der Waals surface area contributed by atoms with Crippen molar-refractivity contribution in [3.63, 3.8) is 0 Å². The van der Waals surface area contributed by atoms with Gasteiger partial charge in [-0.3, -0.25) is 4.79 Å². The van der Waals surface area contributed by atoms with Crippen LogP contribution in [0.1, 0.15) is 15.2 Å². The van der Waals surface area contributed by atoms with Crippen molar-refractivity contribution >= 4 is 27.1 Å². The van der Waals surface area contributed by atoms with E-state index in [1.54, 1.807) is 23.5 Å². The van der Waals surface area contributed by atoms with Crippen LogP contribution in [0.4, 0.5) is 0 Å². The van der Waals surface area contributed by atoms with E-state index in [2.05, 4.69) is 11.4 Å². The molecule has 5 nitrogen and oxygen atoms in total. The summed E-state index contributed by atoms with van der Waals surface area (Å²) in [5, 5.41) is 5.13. The Labute approximate surface area is 141 Å². The lowest BCUT2D eigenvalue weighted by Crippen LogP contribution is -2.26. The molecule has 0 saturated carbocycles. The molecule has 0 aliphatic heterocycles. The Kier molecular flexibility index (Phi) is 6.06. The van der Waals surface area contributed by atoms with Crippen LogP contribution in [0.25, 0.3) is 0 Å². The molecule has 124 valence electrons. The fourth-order valence-electron chi connectivity index (χ4n) is 2.01. The highest BCUT2D eigenvalue weighted by Gasteiger charge is 2.18. The molecule has 0 atom stereocenters. The minimum atomic E-state index is -3.53. The maximum absolute atomic E-state index is 12.2. The molecule has 1 heterocycles. The number of sulfonamides is 1. The third-order valence-electron chi connectivity index (χ3n) is 3.35. The van der Waals surface area contributed by atoms with Crippen molar-refractivity contribution in [3.8, 4) is 0 Å². The Hall–Kier alpha value is -1.54. The molecule has 0 radical (unpaired) electrons. The third kappa shape index (κ3) is 4.71. The van der Waals surface area contributed by atoms with Gasteiger partial charge in [0, 0.05) is 31.1 Å². The second-order valence-corrected chi connectivity index (χ2v) is 8.43. The van der Waals surface area contributed by atoms with Gasteiger partial charge in [-0.15, -0.1) is 11.3 Å². The van der Waals surface area contributed by atoms with E-state index in [9.17, 15) is 13.2 Å². The topological polar surface area (TPSA) is 66.5 Å². The maximum atomic E-state index is 12.2. The van der Waals surface area contributed by atoms with Gasteiger partial charge >= 0.3 is 0 Å². The van der Waals surface area contributed by atoms with E-state index in [0.29, 0.717) is 12.1 Å². The van der Waals surface area contributed by atoms with Crippen molar-refractivity contribution < 1.29 is 13.2 Å². The minimum Gasteiger partial charge on any atom is -0.309 e. The number of hydrogen-bond acceptors (Lipinski definition) is 5. The van der Waals surface area contributed by atoms with Crippen molar-refractivity contribution in [2.75, 3.05) is 27.2 Å². The van der Waals surface area contributed by atoms with Gasteiger partial charge in [0.15, 0.2) is 5.78 Å². The molecule has 0 amide bonds. The monoisotopic (exact) mass is 352 g/mol. The first-order valence-corrected chi connectivity index (χ1v) is 9.52. The third-order valence-corrected chi connectivity index (χ3v) is 6.10. The molecule has 7 heteroatoms. The second-order valence-electron chi connectivity index (χ2n) is 5.24. The van der Waals surface area contributed by atoms with Gasteiger partial charge in [0.05, 0.1) is 11.4 Å². The SMILES string of the molecule is CN(C)S(=O)(=O)c1cccc(C(=O)CNCCc2cccs2)c1. The van der Waals surface area contributed by atoms with Gasteiger partial charge in [-0.05, 0) is 30.0 Å². The van der Waals surface area contributed by atoms with Crippen LogP contribution in [0.3, 0.4) is 0 Å². The van der Waals surface area contributed by atoms with Crippen LogP contribution < -0.4 is 5.32 Å². The Bertz CT molecular complexity index is 753. The number of rotatable bonds is 8. The molecule has 0 spiro atoms. The zero-order chi connectivity index (χ0) is 16.9. The van der Waals surface area contributed by atoms with Gasteiger partial charge in [-0.2, -0.15) is 0 Å². The number of carbonyl (C=O) groups excluding carboxylic acids is 1. The molecule has 1 aromatic carbocycles. The van der Waals surface area contributed by atoms with Crippen molar-refractivity contribution in [1.82, 2.24) is 9.62 Å². The fourth-order valence-corrected chi connectivity index (χ4v) is 3.67. The number of ketones is 1. The van der Waals surface area contributed by atoms with Gasteiger partial charge in [0.1, 0.15) is 0 Å². The molecule has 0 fully saturated rings. The molecular weight excluding hydrogens is 332 g/mol. The first-order valence-electron chi connectivity index (χ1n) is 7.20. The molecule has 1 aromatic heterocycles. The largest absolute Gasteiger partial charge is 0.309 e. The van der Waals surface area contributed by atoms with Crippen LogP contribution in [-0.2, 0) is 16.4 Å².